The Bertz CT molecular complexity index is 1750. The van der Waals surface area contributed by atoms with Gasteiger partial charge in [-0.1, -0.05) is 55.3 Å². The maximum absolute atomic E-state index is 13.3. The van der Waals surface area contributed by atoms with E-state index in [1.165, 1.54) is 0 Å². The van der Waals surface area contributed by atoms with Crippen molar-refractivity contribution >= 4 is 40.0 Å². The Hall–Kier alpha value is -5.22. The lowest BCUT2D eigenvalue weighted by molar-refractivity contribution is -0.117. The fraction of sp³-hybridized carbons (Fsp3) is 0.235. The first kappa shape index (κ1) is 30.2. The molecule has 5 rings (SSSR count). The molecular weight excluding hydrogens is 556 g/mol. The molecule has 5 aromatic rings. The molecule has 2 heterocycles. The van der Waals surface area contributed by atoms with Crippen LogP contribution in [0.15, 0.2) is 85.1 Å². The average Bonchev–Trinajstić information content (AvgIpc) is 3.42. The van der Waals surface area contributed by atoms with Gasteiger partial charge < -0.3 is 20.1 Å². The number of carbonyl (C=O) groups is 2. The molecule has 2 aromatic heterocycles. The van der Waals surface area contributed by atoms with Crippen molar-refractivity contribution in [1.82, 2.24) is 14.8 Å². The second kappa shape index (κ2) is 14.3. The third-order valence-electron chi connectivity index (χ3n) is 6.96. The van der Waals surface area contributed by atoms with Crippen LogP contribution < -0.4 is 20.7 Å². The number of rotatable bonds is 12. The number of nitrogens with one attached hydrogen (secondary N) is 3. The highest BCUT2D eigenvalue weighted by Crippen LogP contribution is 2.35. The molecule has 10 nitrogen and oxygen atoms in total. The zero-order chi connectivity index (χ0) is 30.9. The number of methoxy groups -OCH3 is 1. The van der Waals surface area contributed by atoms with Gasteiger partial charge in [0.25, 0.3) is 0 Å². The van der Waals surface area contributed by atoms with Gasteiger partial charge in [0.15, 0.2) is 0 Å². The first-order valence-electron chi connectivity index (χ1n) is 14.6. The van der Waals surface area contributed by atoms with Crippen LogP contribution in [0.4, 0.5) is 22.1 Å². The fourth-order valence-electron chi connectivity index (χ4n) is 4.69. The highest BCUT2D eigenvalue weighted by atomic mass is 16.5. The van der Waals surface area contributed by atoms with Gasteiger partial charge in [-0.05, 0) is 50.1 Å². The molecule has 3 aromatic carbocycles. The molecule has 0 aliphatic rings. The number of nitrogens with zero attached hydrogens (tertiary/aromatic N) is 3. The molecular formula is C34H36N6O4. The fourth-order valence-corrected chi connectivity index (χ4v) is 4.69. The molecule has 0 saturated carbocycles. The van der Waals surface area contributed by atoms with Crippen molar-refractivity contribution in [2.24, 2.45) is 0 Å². The molecule has 3 N–H and O–H groups in total. The van der Waals surface area contributed by atoms with Crippen LogP contribution in [-0.2, 0) is 16.0 Å². The minimum atomic E-state index is -0.387. The number of fused-ring (bicyclic) bond motifs is 1. The van der Waals surface area contributed by atoms with E-state index < -0.39 is 0 Å². The SMILES string of the molecule is CCCCc1cc(NC(=O)Nc2ccc(Oc3ccnc(NC(=O)CCOC)c3)c3ccccc23)n(-c2ccc(C)cc2)n1. The van der Waals surface area contributed by atoms with Crippen LogP contribution in [0, 0.1) is 6.92 Å². The molecule has 10 heteroatoms. The van der Waals surface area contributed by atoms with E-state index in [9.17, 15) is 9.59 Å². The largest absolute Gasteiger partial charge is 0.457 e. The van der Waals surface area contributed by atoms with E-state index in [4.69, 9.17) is 14.6 Å². The zero-order valence-corrected chi connectivity index (χ0v) is 25.1. The van der Waals surface area contributed by atoms with Crippen molar-refractivity contribution in [2.75, 3.05) is 29.7 Å². The quantitative estimate of drug-likeness (QED) is 0.138. The molecule has 0 unspecified atom stereocenters. The standard InChI is InChI=1S/C34H36N6O4/c1-4-5-8-24-21-32(40(39-24)25-13-11-23(2)12-14-25)38-34(42)36-29-15-16-30(28-10-7-6-9-27(28)29)44-26-17-19-35-31(22-26)37-33(41)18-20-43-3/h6-7,9-17,19,21-22H,4-5,8,18,20H2,1-3H3,(H,35,37,41)(H2,36,38,42). The van der Waals surface area contributed by atoms with Gasteiger partial charge in [0.05, 0.1) is 30.1 Å². The first-order valence-corrected chi connectivity index (χ1v) is 14.6. The second-order valence-corrected chi connectivity index (χ2v) is 10.4. The van der Waals surface area contributed by atoms with Crippen molar-refractivity contribution in [3.8, 4) is 17.2 Å². The van der Waals surface area contributed by atoms with Gasteiger partial charge >= 0.3 is 6.03 Å². The summed E-state index contributed by atoms with van der Waals surface area (Å²) in [4.78, 5) is 29.6. The maximum Gasteiger partial charge on any atom is 0.324 e. The third-order valence-corrected chi connectivity index (χ3v) is 6.96. The number of benzene rings is 3. The van der Waals surface area contributed by atoms with E-state index in [1.807, 2.05) is 61.5 Å². The number of urea groups is 1. The Morgan fingerprint density at radius 1 is 0.909 bits per heavy atom. The molecule has 0 saturated heterocycles. The van der Waals surface area contributed by atoms with E-state index in [0.29, 0.717) is 35.4 Å². The van der Waals surface area contributed by atoms with Crippen LogP contribution in [-0.4, -0.2) is 40.4 Å². The topological polar surface area (TPSA) is 119 Å². The van der Waals surface area contributed by atoms with Crippen LogP contribution in [0.2, 0.25) is 0 Å². The summed E-state index contributed by atoms with van der Waals surface area (Å²) in [6, 6.07) is 24.2. The summed E-state index contributed by atoms with van der Waals surface area (Å²) in [6.07, 6.45) is 4.70. The predicted octanol–water partition coefficient (Wildman–Crippen LogP) is 7.48. The smallest absolute Gasteiger partial charge is 0.324 e. The Kier molecular flexibility index (Phi) is 9.83. The Balaban J connectivity index is 1.34. The lowest BCUT2D eigenvalue weighted by atomic mass is 10.1. The molecule has 0 spiro atoms. The first-order chi connectivity index (χ1) is 21.4. The normalized spacial score (nSPS) is 10.9. The summed E-state index contributed by atoms with van der Waals surface area (Å²) in [5.74, 6) is 1.87. The van der Waals surface area contributed by atoms with E-state index in [-0.39, 0.29) is 18.4 Å². The molecule has 0 atom stereocenters. The number of pyridine rings is 1. The highest BCUT2D eigenvalue weighted by Gasteiger charge is 2.15. The summed E-state index contributed by atoms with van der Waals surface area (Å²) in [5.41, 5.74) is 3.56. The molecule has 0 fully saturated rings. The number of ether oxygens (including phenoxy) is 2. The van der Waals surface area contributed by atoms with Gasteiger partial charge in [-0.2, -0.15) is 5.10 Å². The lowest BCUT2D eigenvalue weighted by Gasteiger charge is -2.14. The Morgan fingerprint density at radius 3 is 2.48 bits per heavy atom. The van der Waals surface area contributed by atoms with Gasteiger partial charge in [-0.15, -0.1) is 0 Å². The minimum Gasteiger partial charge on any atom is -0.457 e. The highest BCUT2D eigenvalue weighted by molar-refractivity contribution is 6.07. The van der Waals surface area contributed by atoms with Crippen LogP contribution in [0.3, 0.4) is 0 Å². The van der Waals surface area contributed by atoms with Crippen molar-refractivity contribution in [2.45, 2.75) is 39.5 Å². The lowest BCUT2D eigenvalue weighted by Crippen LogP contribution is -2.21. The van der Waals surface area contributed by atoms with Crippen LogP contribution in [0.25, 0.3) is 16.5 Å². The minimum absolute atomic E-state index is 0.199. The van der Waals surface area contributed by atoms with E-state index in [0.717, 1.165) is 47.0 Å². The van der Waals surface area contributed by atoms with Crippen molar-refractivity contribution < 1.29 is 19.1 Å². The van der Waals surface area contributed by atoms with Crippen LogP contribution in [0.5, 0.6) is 11.5 Å². The third kappa shape index (κ3) is 7.59. The summed E-state index contributed by atoms with van der Waals surface area (Å²) >= 11 is 0. The van der Waals surface area contributed by atoms with Gasteiger partial charge in [0.1, 0.15) is 23.1 Å². The van der Waals surface area contributed by atoms with Crippen molar-refractivity contribution in [3.63, 3.8) is 0 Å². The molecule has 226 valence electrons. The number of aromatic nitrogens is 3. The summed E-state index contributed by atoms with van der Waals surface area (Å²) in [5, 5.41) is 15.1. The van der Waals surface area contributed by atoms with E-state index in [1.54, 1.807) is 42.3 Å². The molecule has 0 radical (unpaired) electrons. The predicted molar refractivity (Wildman–Crippen MR) is 173 cm³/mol. The number of amides is 3. The number of unbranched alkanes of at least 4 members (excludes halogenated alkanes) is 1. The van der Waals surface area contributed by atoms with Gasteiger partial charge in [-0.25, -0.2) is 14.5 Å². The van der Waals surface area contributed by atoms with Crippen molar-refractivity contribution in [3.05, 3.63) is 96.3 Å². The Labute approximate surface area is 256 Å². The number of hydrogen-bond donors (Lipinski definition) is 3. The molecule has 44 heavy (non-hydrogen) atoms. The maximum atomic E-state index is 13.3. The van der Waals surface area contributed by atoms with Crippen LogP contribution in [0.1, 0.15) is 37.4 Å². The molecule has 0 aliphatic carbocycles. The van der Waals surface area contributed by atoms with Gasteiger partial charge in [-0.3, -0.25) is 10.1 Å². The monoisotopic (exact) mass is 592 g/mol. The van der Waals surface area contributed by atoms with E-state index in [2.05, 4.69) is 27.9 Å². The number of carbonyl (C=O) groups excluding carboxylic acids is 2. The molecule has 0 aliphatic heterocycles. The number of anilines is 3. The second-order valence-electron chi connectivity index (χ2n) is 10.4. The summed E-state index contributed by atoms with van der Waals surface area (Å²) in [7, 11) is 1.55. The average molecular weight is 593 g/mol. The summed E-state index contributed by atoms with van der Waals surface area (Å²) < 4.78 is 12.9. The van der Waals surface area contributed by atoms with Gasteiger partial charge in [0.2, 0.25) is 5.91 Å². The number of hydrogen-bond acceptors (Lipinski definition) is 6. The Morgan fingerprint density at radius 2 is 1.70 bits per heavy atom. The van der Waals surface area contributed by atoms with Gasteiger partial charge in [0, 0.05) is 36.2 Å². The number of aryl methyl sites for hydroxylation is 2. The molecule has 3 amide bonds. The van der Waals surface area contributed by atoms with E-state index >= 15 is 0 Å². The summed E-state index contributed by atoms with van der Waals surface area (Å²) in [6.45, 7) is 4.50. The zero-order valence-electron chi connectivity index (χ0n) is 25.1. The van der Waals surface area contributed by atoms with Crippen LogP contribution >= 0.6 is 0 Å². The molecule has 0 bridgehead atoms. The van der Waals surface area contributed by atoms with Crippen molar-refractivity contribution in [1.29, 1.82) is 0 Å².